The van der Waals surface area contributed by atoms with Gasteiger partial charge in [0.1, 0.15) is 5.75 Å². The van der Waals surface area contributed by atoms with Crippen molar-refractivity contribution in [3.05, 3.63) is 87.1 Å². The minimum absolute atomic E-state index is 0.0512. The van der Waals surface area contributed by atoms with Gasteiger partial charge < -0.3 is 9.64 Å². The van der Waals surface area contributed by atoms with Gasteiger partial charge in [-0.15, -0.1) is 11.3 Å². The van der Waals surface area contributed by atoms with E-state index in [0.29, 0.717) is 0 Å². The first-order valence-corrected chi connectivity index (χ1v) is 9.63. The highest BCUT2D eigenvalue weighted by molar-refractivity contribution is 7.10. The van der Waals surface area contributed by atoms with Gasteiger partial charge in [-0.3, -0.25) is 4.79 Å². The molecule has 1 amide bonds. The Morgan fingerprint density at radius 2 is 1.81 bits per heavy atom. The molecular weight excluding hydrogens is 342 g/mol. The van der Waals surface area contributed by atoms with Crippen LogP contribution in [-0.2, 0) is 6.42 Å². The summed E-state index contributed by atoms with van der Waals surface area (Å²) in [6, 6.07) is 18.0. The van der Waals surface area contributed by atoms with Crippen LogP contribution in [0.1, 0.15) is 38.0 Å². The van der Waals surface area contributed by atoms with Crippen LogP contribution in [0.4, 0.5) is 0 Å². The molecule has 2 aromatic carbocycles. The van der Waals surface area contributed by atoms with E-state index in [1.165, 1.54) is 10.4 Å². The molecule has 1 atom stereocenters. The van der Waals surface area contributed by atoms with E-state index < -0.39 is 0 Å². The van der Waals surface area contributed by atoms with E-state index >= 15 is 0 Å². The number of nitrogens with zero attached hydrogens (tertiary/aromatic N) is 1. The summed E-state index contributed by atoms with van der Waals surface area (Å²) in [5, 5.41) is 2.13. The zero-order valence-corrected chi connectivity index (χ0v) is 15.8. The molecule has 0 fully saturated rings. The molecular formula is C22H21NO2S. The molecule has 0 saturated carbocycles. The van der Waals surface area contributed by atoms with Crippen molar-refractivity contribution in [2.75, 3.05) is 13.7 Å². The molecule has 0 N–H and O–H groups in total. The van der Waals surface area contributed by atoms with Gasteiger partial charge in [0.2, 0.25) is 0 Å². The lowest BCUT2D eigenvalue weighted by Gasteiger charge is -2.36. The SMILES string of the molecule is COc1ccc(C2c3ccsc3CCN2C(=O)c2ccc(C)cc2)cc1. The molecule has 26 heavy (non-hydrogen) atoms. The number of benzene rings is 2. The van der Waals surface area contributed by atoms with E-state index in [0.717, 1.165) is 35.4 Å². The third kappa shape index (κ3) is 3.01. The quantitative estimate of drug-likeness (QED) is 0.665. The summed E-state index contributed by atoms with van der Waals surface area (Å²) >= 11 is 1.78. The summed E-state index contributed by atoms with van der Waals surface area (Å²) in [5.74, 6) is 0.911. The summed E-state index contributed by atoms with van der Waals surface area (Å²) in [6.07, 6.45) is 0.914. The molecule has 3 nitrogen and oxygen atoms in total. The lowest BCUT2D eigenvalue weighted by atomic mass is 9.92. The highest BCUT2D eigenvalue weighted by atomic mass is 32.1. The Labute approximate surface area is 157 Å². The topological polar surface area (TPSA) is 29.5 Å². The fraction of sp³-hybridized carbons (Fsp3) is 0.227. The van der Waals surface area contributed by atoms with Gasteiger partial charge in [0, 0.05) is 17.0 Å². The van der Waals surface area contributed by atoms with Gasteiger partial charge in [0.15, 0.2) is 0 Å². The second-order valence-corrected chi connectivity index (χ2v) is 7.59. The molecule has 0 bridgehead atoms. The standard InChI is InChI=1S/C22H21NO2S/c1-15-3-5-17(6-4-15)22(24)23-13-11-20-19(12-14-26-20)21(23)16-7-9-18(25-2)10-8-16/h3-10,12,14,21H,11,13H2,1-2H3. The second kappa shape index (κ2) is 6.96. The summed E-state index contributed by atoms with van der Waals surface area (Å²) in [4.78, 5) is 16.6. The van der Waals surface area contributed by atoms with Crippen molar-refractivity contribution in [1.29, 1.82) is 0 Å². The van der Waals surface area contributed by atoms with Gasteiger partial charge in [-0.25, -0.2) is 0 Å². The van der Waals surface area contributed by atoms with Crippen molar-refractivity contribution in [3.8, 4) is 5.75 Å². The molecule has 1 unspecified atom stereocenters. The van der Waals surface area contributed by atoms with Crippen LogP contribution in [0.3, 0.4) is 0 Å². The van der Waals surface area contributed by atoms with E-state index in [1.54, 1.807) is 18.4 Å². The first-order valence-electron chi connectivity index (χ1n) is 8.75. The summed E-state index contributed by atoms with van der Waals surface area (Å²) < 4.78 is 5.29. The number of ether oxygens (including phenoxy) is 1. The van der Waals surface area contributed by atoms with Crippen LogP contribution in [0, 0.1) is 6.92 Å². The molecule has 4 heteroatoms. The normalized spacial score (nSPS) is 16.2. The maximum atomic E-state index is 13.3. The fourth-order valence-corrected chi connectivity index (χ4v) is 4.45. The number of aryl methyl sites for hydroxylation is 1. The Hall–Kier alpha value is -2.59. The van der Waals surface area contributed by atoms with Gasteiger partial charge in [-0.05, 0) is 60.2 Å². The van der Waals surface area contributed by atoms with Crippen molar-refractivity contribution in [2.24, 2.45) is 0 Å². The number of carbonyl (C=O) groups is 1. The molecule has 0 radical (unpaired) electrons. The molecule has 2 heterocycles. The van der Waals surface area contributed by atoms with Gasteiger partial charge >= 0.3 is 0 Å². The van der Waals surface area contributed by atoms with Crippen LogP contribution in [0.5, 0.6) is 5.75 Å². The van der Waals surface area contributed by atoms with E-state index in [4.69, 9.17) is 4.74 Å². The number of amides is 1. The van der Waals surface area contributed by atoms with E-state index in [2.05, 4.69) is 23.6 Å². The first-order chi connectivity index (χ1) is 12.7. The third-order valence-electron chi connectivity index (χ3n) is 4.96. The predicted molar refractivity (Wildman–Crippen MR) is 105 cm³/mol. The number of carbonyl (C=O) groups excluding carboxylic acids is 1. The van der Waals surface area contributed by atoms with Crippen LogP contribution in [0.25, 0.3) is 0 Å². The molecule has 0 aliphatic carbocycles. The largest absolute Gasteiger partial charge is 0.497 e. The van der Waals surface area contributed by atoms with Crippen LogP contribution >= 0.6 is 11.3 Å². The van der Waals surface area contributed by atoms with Crippen molar-refractivity contribution in [3.63, 3.8) is 0 Å². The van der Waals surface area contributed by atoms with Crippen LogP contribution < -0.4 is 4.74 Å². The monoisotopic (exact) mass is 363 g/mol. The van der Waals surface area contributed by atoms with E-state index in [-0.39, 0.29) is 11.9 Å². The maximum Gasteiger partial charge on any atom is 0.254 e. The molecule has 3 aromatic rings. The lowest BCUT2D eigenvalue weighted by molar-refractivity contribution is 0.0696. The fourth-order valence-electron chi connectivity index (χ4n) is 3.54. The van der Waals surface area contributed by atoms with E-state index in [1.807, 2.05) is 48.2 Å². The van der Waals surface area contributed by atoms with Gasteiger partial charge in [0.05, 0.1) is 13.2 Å². The zero-order valence-electron chi connectivity index (χ0n) is 14.9. The first kappa shape index (κ1) is 16.9. The third-order valence-corrected chi connectivity index (χ3v) is 5.95. The van der Waals surface area contributed by atoms with Crippen molar-refractivity contribution >= 4 is 17.2 Å². The predicted octanol–water partition coefficient (Wildman–Crippen LogP) is 4.85. The molecule has 1 aliphatic rings. The number of hydrogen-bond donors (Lipinski definition) is 0. The summed E-state index contributed by atoms with van der Waals surface area (Å²) in [7, 11) is 1.67. The summed E-state index contributed by atoms with van der Waals surface area (Å²) in [6.45, 7) is 2.77. The second-order valence-electron chi connectivity index (χ2n) is 6.59. The molecule has 0 saturated heterocycles. The lowest BCUT2D eigenvalue weighted by Crippen LogP contribution is -2.40. The van der Waals surface area contributed by atoms with Gasteiger partial charge in [-0.2, -0.15) is 0 Å². The van der Waals surface area contributed by atoms with Crippen molar-refractivity contribution in [1.82, 2.24) is 4.90 Å². The van der Waals surface area contributed by atoms with Crippen molar-refractivity contribution < 1.29 is 9.53 Å². The van der Waals surface area contributed by atoms with Crippen LogP contribution in [0.2, 0.25) is 0 Å². The molecule has 132 valence electrons. The molecule has 1 aliphatic heterocycles. The number of thiophene rings is 1. The van der Waals surface area contributed by atoms with Gasteiger partial charge in [0.25, 0.3) is 5.91 Å². The molecule has 4 rings (SSSR count). The average Bonchev–Trinajstić information content (AvgIpc) is 3.16. The molecule has 0 spiro atoms. The van der Waals surface area contributed by atoms with Crippen molar-refractivity contribution in [2.45, 2.75) is 19.4 Å². The number of methoxy groups -OCH3 is 1. The number of hydrogen-bond acceptors (Lipinski definition) is 3. The maximum absolute atomic E-state index is 13.3. The van der Waals surface area contributed by atoms with Crippen LogP contribution in [0.15, 0.2) is 60.0 Å². The van der Waals surface area contributed by atoms with Crippen LogP contribution in [-0.4, -0.2) is 24.5 Å². The highest BCUT2D eigenvalue weighted by Crippen LogP contribution is 2.38. The number of rotatable bonds is 3. The van der Waals surface area contributed by atoms with E-state index in [9.17, 15) is 4.79 Å². The minimum Gasteiger partial charge on any atom is -0.497 e. The molecule has 1 aromatic heterocycles. The Balaban J connectivity index is 1.74. The number of fused-ring (bicyclic) bond motifs is 1. The Kier molecular flexibility index (Phi) is 4.51. The Morgan fingerprint density at radius 1 is 1.08 bits per heavy atom. The Bertz CT molecular complexity index is 912. The zero-order chi connectivity index (χ0) is 18.1. The minimum atomic E-state index is -0.0512. The smallest absolute Gasteiger partial charge is 0.254 e. The highest BCUT2D eigenvalue weighted by Gasteiger charge is 2.33. The Morgan fingerprint density at radius 3 is 2.50 bits per heavy atom. The average molecular weight is 363 g/mol. The summed E-state index contributed by atoms with van der Waals surface area (Å²) in [5.41, 5.74) is 4.26. The van der Waals surface area contributed by atoms with Gasteiger partial charge in [-0.1, -0.05) is 29.8 Å².